The average Bonchev–Trinajstić information content (AvgIpc) is 3.09. The Labute approximate surface area is 169 Å². The number of hydrogen-bond donors (Lipinski definition) is 0. The summed E-state index contributed by atoms with van der Waals surface area (Å²) in [5, 5.41) is 0. The van der Waals surface area contributed by atoms with Crippen LogP contribution in [0.25, 0.3) is 0 Å². The quantitative estimate of drug-likeness (QED) is 0.671. The molecule has 1 amide bonds. The van der Waals surface area contributed by atoms with E-state index in [1.807, 2.05) is 20.8 Å². The van der Waals surface area contributed by atoms with Crippen molar-refractivity contribution >= 4 is 6.09 Å². The molecule has 1 aliphatic carbocycles. The maximum absolute atomic E-state index is 12.1. The second kappa shape index (κ2) is 9.25. The third-order valence-corrected chi connectivity index (χ3v) is 5.55. The number of aryl methyl sites for hydroxylation is 2. The molecule has 1 saturated heterocycles. The maximum atomic E-state index is 12.1. The van der Waals surface area contributed by atoms with Crippen molar-refractivity contribution in [3.05, 3.63) is 29.1 Å². The van der Waals surface area contributed by atoms with E-state index < -0.39 is 5.60 Å². The highest BCUT2D eigenvalue weighted by Gasteiger charge is 2.30. The lowest BCUT2D eigenvalue weighted by atomic mass is 9.88. The second-order valence-electron chi connectivity index (χ2n) is 9.42. The molecule has 1 aromatic heterocycles. The summed E-state index contributed by atoms with van der Waals surface area (Å²) in [5.41, 5.74) is 3.53. The molecule has 3 rings (SSSR count). The number of unbranched alkanes of at least 4 members (excludes halogenated alkanes) is 1. The van der Waals surface area contributed by atoms with E-state index >= 15 is 0 Å². The number of carbonyl (C=O) groups excluding carboxylic acids is 1. The van der Waals surface area contributed by atoms with Gasteiger partial charge in [-0.15, -0.1) is 0 Å². The summed E-state index contributed by atoms with van der Waals surface area (Å²) in [5.74, 6) is 0.760. The monoisotopic (exact) mass is 388 g/mol. The van der Waals surface area contributed by atoms with E-state index in [0.717, 1.165) is 51.2 Å². The molecule has 1 aliphatic heterocycles. The minimum Gasteiger partial charge on any atom is -0.444 e. The van der Waals surface area contributed by atoms with Crippen LogP contribution < -0.4 is 0 Å². The Hall–Kier alpha value is -1.62. The van der Waals surface area contributed by atoms with E-state index in [0.29, 0.717) is 6.54 Å². The van der Waals surface area contributed by atoms with Crippen LogP contribution in [0, 0.1) is 5.92 Å². The summed E-state index contributed by atoms with van der Waals surface area (Å²) < 4.78 is 11.4. The number of amides is 1. The molecule has 2 aliphatic rings. The van der Waals surface area contributed by atoms with Crippen LogP contribution in [-0.2, 0) is 28.7 Å². The van der Waals surface area contributed by atoms with E-state index in [4.69, 9.17) is 14.5 Å². The van der Waals surface area contributed by atoms with Gasteiger partial charge >= 0.3 is 6.09 Å². The Balaban J connectivity index is 1.32. The fraction of sp³-hybridized carbons (Fsp3) is 0.739. The molecule has 0 radical (unpaired) electrons. The first kappa shape index (κ1) is 21.1. The normalized spacial score (nSPS) is 22.2. The van der Waals surface area contributed by atoms with E-state index in [1.54, 1.807) is 4.90 Å². The molecule has 1 aromatic rings. The van der Waals surface area contributed by atoms with Gasteiger partial charge in [0.15, 0.2) is 0 Å². The largest absolute Gasteiger partial charge is 0.444 e. The van der Waals surface area contributed by atoms with Gasteiger partial charge in [0, 0.05) is 24.5 Å². The SMILES string of the molecule is CC1CCc2ccc(CCCCO[C@@H]3CCN(C(=O)OC(C)(C)C)C3)nc2C1. The highest BCUT2D eigenvalue weighted by atomic mass is 16.6. The molecule has 2 heterocycles. The third kappa shape index (κ3) is 6.20. The molecular weight excluding hydrogens is 352 g/mol. The summed E-state index contributed by atoms with van der Waals surface area (Å²) in [7, 11) is 0. The Morgan fingerprint density at radius 1 is 1.25 bits per heavy atom. The van der Waals surface area contributed by atoms with Gasteiger partial charge in [0.05, 0.1) is 12.6 Å². The van der Waals surface area contributed by atoms with Crippen molar-refractivity contribution in [3.8, 4) is 0 Å². The molecule has 0 aromatic carbocycles. The van der Waals surface area contributed by atoms with Gasteiger partial charge in [-0.1, -0.05) is 13.0 Å². The molecule has 0 N–H and O–H groups in total. The van der Waals surface area contributed by atoms with Crippen molar-refractivity contribution in [1.29, 1.82) is 0 Å². The zero-order chi connectivity index (χ0) is 20.1. The van der Waals surface area contributed by atoms with Crippen LogP contribution in [0.4, 0.5) is 4.79 Å². The molecule has 1 fully saturated rings. The maximum Gasteiger partial charge on any atom is 0.410 e. The summed E-state index contributed by atoms with van der Waals surface area (Å²) in [4.78, 5) is 18.8. The predicted molar refractivity (Wildman–Crippen MR) is 111 cm³/mol. The van der Waals surface area contributed by atoms with Gasteiger partial charge in [-0.05, 0) is 83.3 Å². The first-order chi connectivity index (χ1) is 13.3. The number of nitrogens with zero attached hydrogens (tertiary/aromatic N) is 2. The van der Waals surface area contributed by atoms with Gasteiger partial charge in [-0.25, -0.2) is 4.79 Å². The van der Waals surface area contributed by atoms with Crippen molar-refractivity contribution in [2.75, 3.05) is 19.7 Å². The number of rotatable bonds is 6. The zero-order valence-corrected chi connectivity index (χ0v) is 18.0. The van der Waals surface area contributed by atoms with E-state index in [1.165, 1.54) is 29.8 Å². The zero-order valence-electron chi connectivity index (χ0n) is 18.0. The summed E-state index contributed by atoms with van der Waals surface area (Å²) in [6.45, 7) is 10.1. The van der Waals surface area contributed by atoms with Crippen LogP contribution in [0.5, 0.6) is 0 Å². The minimum absolute atomic E-state index is 0.135. The van der Waals surface area contributed by atoms with E-state index in [9.17, 15) is 4.79 Å². The molecular formula is C23H36N2O3. The number of likely N-dealkylation sites (tertiary alicyclic amines) is 1. The van der Waals surface area contributed by atoms with Crippen LogP contribution in [0.1, 0.15) is 70.3 Å². The number of ether oxygens (including phenoxy) is 2. The lowest BCUT2D eigenvalue weighted by Gasteiger charge is -2.24. The van der Waals surface area contributed by atoms with Crippen molar-refractivity contribution < 1.29 is 14.3 Å². The smallest absolute Gasteiger partial charge is 0.410 e. The Morgan fingerprint density at radius 2 is 2.07 bits per heavy atom. The molecule has 5 heteroatoms. The summed E-state index contributed by atoms with van der Waals surface area (Å²) in [6.07, 6.45) is 7.52. The fourth-order valence-corrected chi connectivity index (χ4v) is 3.97. The summed E-state index contributed by atoms with van der Waals surface area (Å²) >= 11 is 0. The number of fused-ring (bicyclic) bond motifs is 1. The molecule has 0 spiro atoms. The third-order valence-electron chi connectivity index (χ3n) is 5.55. The van der Waals surface area contributed by atoms with Gasteiger partial charge in [0.2, 0.25) is 0 Å². The Bertz CT molecular complexity index is 668. The van der Waals surface area contributed by atoms with Gasteiger partial charge < -0.3 is 14.4 Å². The van der Waals surface area contributed by atoms with Gasteiger partial charge in [0.1, 0.15) is 5.60 Å². The number of pyridine rings is 1. The van der Waals surface area contributed by atoms with Crippen molar-refractivity contribution in [1.82, 2.24) is 9.88 Å². The average molecular weight is 389 g/mol. The molecule has 28 heavy (non-hydrogen) atoms. The van der Waals surface area contributed by atoms with Crippen LogP contribution in [-0.4, -0.2) is 47.4 Å². The van der Waals surface area contributed by atoms with E-state index in [-0.39, 0.29) is 12.2 Å². The standard InChI is InChI=1S/C23H36N2O3/c1-17-8-9-18-10-11-19(24-21(18)15-17)7-5-6-14-27-20-12-13-25(16-20)22(26)28-23(2,3)4/h10-11,17,20H,5-9,12-16H2,1-4H3/t17?,20-/m1/s1. The van der Waals surface area contributed by atoms with Crippen LogP contribution in [0.15, 0.2) is 12.1 Å². The van der Waals surface area contributed by atoms with Crippen LogP contribution in [0.3, 0.4) is 0 Å². The lowest BCUT2D eigenvalue weighted by molar-refractivity contribution is 0.0207. The fourth-order valence-electron chi connectivity index (χ4n) is 3.97. The Kier molecular flexibility index (Phi) is 6.97. The van der Waals surface area contributed by atoms with Gasteiger partial charge in [0.25, 0.3) is 0 Å². The topological polar surface area (TPSA) is 51.7 Å². The van der Waals surface area contributed by atoms with Gasteiger partial charge in [-0.3, -0.25) is 4.98 Å². The second-order valence-corrected chi connectivity index (χ2v) is 9.42. The first-order valence-corrected chi connectivity index (χ1v) is 10.9. The van der Waals surface area contributed by atoms with Crippen molar-refractivity contribution in [2.24, 2.45) is 5.92 Å². The number of carbonyl (C=O) groups is 1. The number of aromatic nitrogens is 1. The first-order valence-electron chi connectivity index (χ1n) is 10.9. The highest BCUT2D eigenvalue weighted by molar-refractivity contribution is 5.68. The number of hydrogen-bond acceptors (Lipinski definition) is 4. The van der Waals surface area contributed by atoms with Crippen molar-refractivity contribution in [3.63, 3.8) is 0 Å². The molecule has 0 bridgehead atoms. The van der Waals surface area contributed by atoms with Gasteiger partial charge in [-0.2, -0.15) is 0 Å². The van der Waals surface area contributed by atoms with Crippen LogP contribution in [0.2, 0.25) is 0 Å². The van der Waals surface area contributed by atoms with E-state index in [2.05, 4.69) is 19.1 Å². The molecule has 2 atom stereocenters. The Morgan fingerprint density at radius 3 is 2.86 bits per heavy atom. The molecule has 156 valence electrons. The highest BCUT2D eigenvalue weighted by Crippen LogP contribution is 2.24. The molecule has 0 saturated carbocycles. The summed E-state index contributed by atoms with van der Waals surface area (Å²) in [6, 6.07) is 4.48. The molecule has 5 nitrogen and oxygen atoms in total. The lowest BCUT2D eigenvalue weighted by Crippen LogP contribution is -2.36. The molecule has 1 unspecified atom stereocenters. The predicted octanol–water partition coefficient (Wildman–Crippen LogP) is 4.56. The van der Waals surface area contributed by atoms with Crippen LogP contribution >= 0.6 is 0 Å². The minimum atomic E-state index is -0.446. The van der Waals surface area contributed by atoms with Crippen molar-refractivity contribution in [2.45, 2.75) is 84.3 Å².